The zero-order valence-electron chi connectivity index (χ0n) is 16.1. The van der Waals surface area contributed by atoms with E-state index in [2.05, 4.69) is 37.9 Å². The topological polar surface area (TPSA) is 43.2 Å². The maximum absolute atomic E-state index is 5.66. The summed E-state index contributed by atoms with van der Waals surface area (Å²) in [6.07, 6.45) is 3.45. The summed E-state index contributed by atoms with van der Waals surface area (Å²) in [6.45, 7) is 9.96. The molecule has 0 heterocycles. The maximum Gasteiger partial charge on any atom is 0.119 e. The minimum Gasteiger partial charge on any atom is -0.493 e. The van der Waals surface area contributed by atoms with E-state index >= 15 is 0 Å². The molecule has 4 nitrogen and oxygen atoms in total. The molecule has 0 aliphatic carbocycles. The van der Waals surface area contributed by atoms with E-state index in [4.69, 9.17) is 9.47 Å². The molecule has 0 aliphatic rings. The molecule has 26 heavy (non-hydrogen) atoms. The van der Waals surface area contributed by atoms with E-state index < -0.39 is 0 Å². The standard InChI is InChI=1S/C22H28N2O2/c1-17(2)15-25-21-9-5-19(6-10-21)13-23-24-14-20-7-11-22(12-8-20)26-16-18(3)4/h5-14,17-18H,15-16H2,1-4H3/b23-13-,24-14-. The second-order valence-electron chi connectivity index (χ2n) is 7.04. The van der Waals surface area contributed by atoms with Gasteiger partial charge in [0.15, 0.2) is 0 Å². The predicted octanol–water partition coefficient (Wildman–Crippen LogP) is 5.21. The maximum atomic E-state index is 5.66. The smallest absolute Gasteiger partial charge is 0.119 e. The van der Waals surface area contributed by atoms with Gasteiger partial charge in [-0.15, -0.1) is 0 Å². The van der Waals surface area contributed by atoms with Crippen LogP contribution < -0.4 is 9.47 Å². The third kappa shape index (κ3) is 7.51. The lowest BCUT2D eigenvalue weighted by atomic mass is 10.2. The molecule has 0 bridgehead atoms. The Hall–Kier alpha value is -2.62. The number of nitrogens with zero attached hydrogens (tertiary/aromatic N) is 2. The number of rotatable bonds is 9. The highest BCUT2D eigenvalue weighted by atomic mass is 16.5. The monoisotopic (exact) mass is 352 g/mol. The van der Waals surface area contributed by atoms with Gasteiger partial charge in [-0.25, -0.2) is 0 Å². The lowest BCUT2D eigenvalue weighted by Crippen LogP contribution is -2.04. The summed E-state index contributed by atoms with van der Waals surface area (Å²) in [5, 5.41) is 8.19. The summed E-state index contributed by atoms with van der Waals surface area (Å²) < 4.78 is 11.3. The Labute approximate surface area is 156 Å². The summed E-state index contributed by atoms with van der Waals surface area (Å²) in [4.78, 5) is 0. The van der Waals surface area contributed by atoms with Gasteiger partial charge in [0.05, 0.1) is 25.6 Å². The van der Waals surface area contributed by atoms with E-state index in [-0.39, 0.29) is 0 Å². The van der Waals surface area contributed by atoms with Gasteiger partial charge in [-0.05, 0) is 71.5 Å². The SMILES string of the molecule is CC(C)COc1ccc(/C=N\N=C/c2ccc(OCC(C)C)cc2)cc1. The van der Waals surface area contributed by atoms with Crippen LogP contribution in [-0.2, 0) is 0 Å². The van der Waals surface area contributed by atoms with Crippen LogP contribution in [0.25, 0.3) is 0 Å². The highest BCUT2D eigenvalue weighted by Gasteiger charge is 1.98. The number of benzene rings is 2. The molecule has 2 aromatic carbocycles. The van der Waals surface area contributed by atoms with Crippen molar-refractivity contribution in [3.8, 4) is 11.5 Å². The van der Waals surface area contributed by atoms with Crippen LogP contribution in [0.5, 0.6) is 11.5 Å². The molecular formula is C22H28N2O2. The Balaban J connectivity index is 1.83. The molecule has 0 saturated heterocycles. The molecule has 2 rings (SSSR count). The zero-order chi connectivity index (χ0) is 18.8. The van der Waals surface area contributed by atoms with Crippen LogP contribution in [0.15, 0.2) is 58.7 Å². The Morgan fingerprint density at radius 1 is 0.654 bits per heavy atom. The average Bonchev–Trinajstić information content (AvgIpc) is 2.63. The third-order valence-electron chi connectivity index (χ3n) is 3.41. The van der Waals surface area contributed by atoms with Crippen LogP contribution in [0.3, 0.4) is 0 Å². The Kier molecular flexibility index (Phi) is 7.87. The van der Waals surface area contributed by atoms with Gasteiger partial charge in [0.25, 0.3) is 0 Å². The van der Waals surface area contributed by atoms with Crippen molar-refractivity contribution < 1.29 is 9.47 Å². The number of hydrogen-bond donors (Lipinski definition) is 0. The Morgan fingerprint density at radius 3 is 1.31 bits per heavy atom. The second-order valence-corrected chi connectivity index (χ2v) is 7.04. The molecule has 0 spiro atoms. The van der Waals surface area contributed by atoms with Crippen molar-refractivity contribution in [3.63, 3.8) is 0 Å². The Morgan fingerprint density at radius 2 is 1.00 bits per heavy atom. The fourth-order valence-electron chi connectivity index (χ4n) is 2.03. The highest BCUT2D eigenvalue weighted by molar-refractivity contribution is 5.82. The van der Waals surface area contributed by atoms with Crippen molar-refractivity contribution in [2.45, 2.75) is 27.7 Å². The van der Waals surface area contributed by atoms with Gasteiger partial charge < -0.3 is 9.47 Å². The van der Waals surface area contributed by atoms with Gasteiger partial charge in [-0.1, -0.05) is 27.7 Å². The summed E-state index contributed by atoms with van der Waals surface area (Å²) >= 11 is 0. The van der Waals surface area contributed by atoms with Gasteiger partial charge in [0.1, 0.15) is 11.5 Å². The van der Waals surface area contributed by atoms with Gasteiger partial charge in [0.2, 0.25) is 0 Å². The highest BCUT2D eigenvalue weighted by Crippen LogP contribution is 2.13. The minimum absolute atomic E-state index is 0.515. The Bertz CT molecular complexity index is 638. The van der Waals surface area contributed by atoms with Gasteiger partial charge in [0, 0.05) is 0 Å². The summed E-state index contributed by atoms with van der Waals surface area (Å²) in [6, 6.07) is 15.7. The molecule has 0 aliphatic heterocycles. The molecule has 0 unspecified atom stereocenters. The number of hydrogen-bond acceptors (Lipinski definition) is 4. The zero-order valence-corrected chi connectivity index (χ0v) is 16.1. The molecule has 0 N–H and O–H groups in total. The lowest BCUT2D eigenvalue weighted by Gasteiger charge is -2.08. The fraction of sp³-hybridized carbons (Fsp3) is 0.364. The first-order chi connectivity index (χ1) is 12.5. The van der Waals surface area contributed by atoms with E-state index in [1.807, 2.05) is 48.5 Å². The third-order valence-corrected chi connectivity index (χ3v) is 3.41. The predicted molar refractivity (Wildman–Crippen MR) is 109 cm³/mol. The van der Waals surface area contributed by atoms with E-state index in [0.29, 0.717) is 11.8 Å². The van der Waals surface area contributed by atoms with E-state index in [0.717, 1.165) is 35.8 Å². The molecule has 0 aromatic heterocycles. The molecule has 0 radical (unpaired) electrons. The van der Waals surface area contributed by atoms with Crippen LogP contribution >= 0.6 is 0 Å². The first-order valence-corrected chi connectivity index (χ1v) is 9.05. The molecular weight excluding hydrogens is 324 g/mol. The molecule has 138 valence electrons. The van der Waals surface area contributed by atoms with Crippen molar-refractivity contribution in [1.82, 2.24) is 0 Å². The van der Waals surface area contributed by atoms with Crippen LogP contribution in [0.2, 0.25) is 0 Å². The summed E-state index contributed by atoms with van der Waals surface area (Å²) in [5.74, 6) is 2.78. The van der Waals surface area contributed by atoms with Crippen LogP contribution in [0.1, 0.15) is 38.8 Å². The molecule has 0 amide bonds. The van der Waals surface area contributed by atoms with Crippen molar-refractivity contribution in [3.05, 3.63) is 59.7 Å². The van der Waals surface area contributed by atoms with Gasteiger partial charge >= 0.3 is 0 Å². The summed E-state index contributed by atoms with van der Waals surface area (Å²) in [7, 11) is 0. The largest absolute Gasteiger partial charge is 0.493 e. The normalized spacial score (nSPS) is 11.8. The first-order valence-electron chi connectivity index (χ1n) is 9.05. The summed E-state index contributed by atoms with van der Waals surface area (Å²) in [5.41, 5.74) is 1.97. The first kappa shape index (κ1) is 19.7. The van der Waals surface area contributed by atoms with Crippen LogP contribution in [-0.4, -0.2) is 25.6 Å². The van der Waals surface area contributed by atoms with E-state index in [9.17, 15) is 0 Å². The average molecular weight is 352 g/mol. The molecule has 0 saturated carbocycles. The van der Waals surface area contributed by atoms with Gasteiger partial charge in [-0.2, -0.15) is 10.2 Å². The molecule has 0 fully saturated rings. The van der Waals surface area contributed by atoms with Crippen molar-refractivity contribution in [2.75, 3.05) is 13.2 Å². The van der Waals surface area contributed by atoms with Crippen molar-refractivity contribution in [2.24, 2.45) is 22.0 Å². The van der Waals surface area contributed by atoms with Gasteiger partial charge in [-0.3, -0.25) is 0 Å². The molecule has 4 heteroatoms. The van der Waals surface area contributed by atoms with Crippen LogP contribution in [0.4, 0.5) is 0 Å². The quantitative estimate of drug-likeness (QED) is 0.459. The minimum atomic E-state index is 0.515. The van der Waals surface area contributed by atoms with Crippen molar-refractivity contribution in [1.29, 1.82) is 0 Å². The van der Waals surface area contributed by atoms with E-state index in [1.165, 1.54) is 0 Å². The molecule has 0 atom stereocenters. The lowest BCUT2D eigenvalue weighted by molar-refractivity contribution is 0.271. The van der Waals surface area contributed by atoms with E-state index in [1.54, 1.807) is 12.4 Å². The fourth-order valence-corrected chi connectivity index (χ4v) is 2.03. The van der Waals surface area contributed by atoms with Crippen molar-refractivity contribution >= 4 is 12.4 Å². The molecule has 2 aromatic rings. The van der Waals surface area contributed by atoms with Crippen LogP contribution in [0, 0.1) is 11.8 Å². The second kappa shape index (κ2) is 10.4. The number of ether oxygens (including phenoxy) is 2.